The number of rotatable bonds is 20. The van der Waals surface area contributed by atoms with Gasteiger partial charge in [0.1, 0.15) is 0 Å². The van der Waals surface area contributed by atoms with Gasteiger partial charge in [-0.2, -0.15) is 0 Å². The van der Waals surface area contributed by atoms with E-state index in [-0.39, 0.29) is 70.5 Å². The monoisotopic (exact) mass is 1840 g/mol. The molecule has 30 heteroatoms. The number of fused-ring (bicyclic) bond motifs is 6. The van der Waals surface area contributed by atoms with Crippen molar-refractivity contribution >= 4 is 198 Å². The fourth-order valence-electron chi connectivity index (χ4n) is 15.8. The Balaban J connectivity index is 0.000000137. The zero-order valence-corrected chi connectivity index (χ0v) is 76.9. The number of aromatic amines is 4. The molecule has 6 aromatic heterocycles. The van der Waals surface area contributed by atoms with Crippen molar-refractivity contribution in [2.45, 2.75) is 133 Å². The lowest BCUT2D eigenvalue weighted by Gasteiger charge is -2.05. The van der Waals surface area contributed by atoms with Crippen LogP contribution in [0.4, 0.5) is 34.1 Å². The Kier molecular flexibility index (Phi) is 29.2. The van der Waals surface area contributed by atoms with Gasteiger partial charge in [-0.1, -0.05) is 53.7 Å². The summed E-state index contributed by atoms with van der Waals surface area (Å²) in [5, 5.41) is 70.8. The second-order valence-electron chi connectivity index (χ2n) is 33.2. The number of anilines is 6. The summed E-state index contributed by atoms with van der Waals surface area (Å²) in [5.41, 5.74) is 26.3. The molecule has 134 heavy (non-hydrogen) atoms. The molecule has 0 unspecified atom stereocenters. The minimum Gasteiger partial charge on any atom is -0.481 e. The van der Waals surface area contributed by atoms with Crippen molar-refractivity contribution in [1.82, 2.24) is 19.9 Å². The number of hydrogen-bond acceptors (Lipinski definition) is 14. The summed E-state index contributed by atoms with van der Waals surface area (Å²) in [6, 6.07) is 46.0. The van der Waals surface area contributed by atoms with Gasteiger partial charge in [-0.05, 0) is 294 Å². The van der Waals surface area contributed by atoms with E-state index in [0.29, 0.717) is 103 Å². The van der Waals surface area contributed by atoms with Crippen LogP contribution in [0.15, 0.2) is 158 Å². The molecule has 0 saturated heterocycles. The Labute approximate surface area is 778 Å². The predicted octanol–water partition coefficient (Wildman–Crippen LogP) is 20.6. The predicted molar refractivity (Wildman–Crippen MR) is 525 cm³/mol. The standard InChI is InChI=1S/C20H22N2O3.2C18H18N2O3.C17H15NO3S.C16H14N2O3.C15H11NO3S/c1-10(2)13-8-17(11(3)4)21-18(13)9-15-14-7-12(20(24)25)5-6-16(14)22-19(15)23;1-10-7-11(2)19-16(10)9-14-13-8-12(4-6-17(21)22)3-5-15(13)20-18(14)23;1-3-10-7-12(4-2)19-16(10)9-14-13-8-11(18(22)23)5-6-15(13)20-17(14)21;1-10-2-5-12(22-10)9-14-13-8-11(4-7-16(19)20)3-6-15(13)18-17(14)21;1-8-5-9(2)17-14(8)7-12-11-6-10(16(20)21)3-4-13(11)18-15(12)19;1-8-2-4-10(20-8)7-12-11-6-9(15(18)19)3-5-13(11)16-14(12)17/h5-11,21H,1-4H3,(H,22,23)(H,24,25);3,5,7-9,19H,4,6H2,1-2H3,(H,20,23)(H,21,22);5-9,19H,3-4H2,1-2H3,(H,20,21)(H,22,23);2-3,5-6,8-9H,4,7H2,1H3,(H,18,21)(H,19,20);3-7,17H,1-2H3,(H,18,19)(H,20,21);2-7H,1H3,(H,16,17)(H,18,19)/b15-9-;3*14-9-;2*12-7-. The second-order valence-corrected chi connectivity index (χ2v) is 35.9. The van der Waals surface area contributed by atoms with Crippen molar-refractivity contribution in [1.29, 1.82) is 0 Å². The summed E-state index contributed by atoms with van der Waals surface area (Å²) in [7, 11) is 0. The third-order valence-corrected chi connectivity index (χ3v) is 24.6. The first kappa shape index (κ1) is 95.5. The normalized spacial score (nSPS) is 15.0. The Morgan fingerprint density at radius 1 is 0.328 bits per heavy atom. The Morgan fingerprint density at radius 3 is 0.918 bits per heavy atom. The second kappa shape index (κ2) is 40.9. The summed E-state index contributed by atoms with van der Waals surface area (Å²) >= 11 is 3.22. The third kappa shape index (κ3) is 22.3. The van der Waals surface area contributed by atoms with E-state index in [9.17, 15) is 62.6 Å². The maximum atomic E-state index is 12.4. The van der Waals surface area contributed by atoms with Crippen LogP contribution in [0.3, 0.4) is 0 Å². The molecule has 0 saturated carbocycles. The highest BCUT2D eigenvalue weighted by Crippen LogP contribution is 2.42. The highest BCUT2D eigenvalue weighted by molar-refractivity contribution is 7.13. The average molecular weight is 1840 g/mol. The summed E-state index contributed by atoms with van der Waals surface area (Å²) in [4.78, 5) is 157. The maximum Gasteiger partial charge on any atom is 0.335 e. The van der Waals surface area contributed by atoms with E-state index in [0.717, 1.165) is 129 Å². The van der Waals surface area contributed by atoms with E-state index in [4.69, 9.17) is 25.5 Å². The molecule has 0 radical (unpaired) electrons. The van der Waals surface area contributed by atoms with Crippen molar-refractivity contribution in [2.75, 3.05) is 31.9 Å². The van der Waals surface area contributed by atoms with Gasteiger partial charge in [-0.25, -0.2) is 19.2 Å². The number of hydrogen-bond donors (Lipinski definition) is 16. The molecule has 16 N–H and O–H groups in total. The van der Waals surface area contributed by atoms with Crippen LogP contribution in [0, 0.1) is 41.5 Å². The number of H-pyrrole nitrogens is 4. The lowest BCUT2D eigenvalue weighted by Crippen LogP contribution is -2.03. The number of nitrogens with one attached hydrogen (secondary N) is 10. The molecule has 6 aliphatic rings. The fourth-order valence-corrected chi connectivity index (χ4v) is 17.4. The lowest BCUT2D eigenvalue weighted by molar-refractivity contribution is -0.138. The first-order chi connectivity index (χ1) is 63.8. The minimum atomic E-state index is -1.01. The number of carboxylic acids is 6. The van der Waals surface area contributed by atoms with Crippen molar-refractivity contribution in [3.8, 4) is 0 Å². The SMILES string of the molecule is CC(C)c1cc(C(C)C)c(/C=C2\C(=O)Nc3ccc(C(=O)O)cc32)[nH]1.CCc1cc(CC)c(/C=C2\C(=O)Nc3ccc(C(=O)O)cc32)[nH]1.Cc1cc(C)c(/C=C2\C(=O)Nc3ccc(C(=O)O)cc32)[nH]1.Cc1cc(C)c(/C=C2\C(=O)Nc3ccc(CCC(=O)O)cc32)[nH]1.Cc1ccc(/C=C2\C(=O)Nc3ccc(C(=O)O)cc32)s1.Cc1ccc(/C=C2\C(=O)Nc3ccc(CCC(=O)O)cc32)s1. The minimum absolute atomic E-state index is 0.0775. The summed E-state index contributed by atoms with van der Waals surface area (Å²) < 4.78 is 0. The highest BCUT2D eigenvalue weighted by Gasteiger charge is 2.33. The van der Waals surface area contributed by atoms with Gasteiger partial charge in [0.25, 0.3) is 35.4 Å². The Bertz CT molecular complexity index is 7040. The number of amides is 6. The molecule has 12 heterocycles. The van der Waals surface area contributed by atoms with Gasteiger partial charge >= 0.3 is 35.8 Å². The van der Waals surface area contributed by atoms with Gasteiger partial charge in [-0.3, -0.25) is 38.4 Å². The molecule has 684 valence electrons. The van der Waals surface area contributed by atoms with Crippen molar-refractivity contribution < 1.29 is 88.2 Å². The molecule has 0 spiro atoms. The summed E-state index contributed by atoms with van der Waals surface area (Å²) in [5.74, 6) is -6.11. The fraction of sp³-hybridized carbons (Fsp3) is 0.192. The molecule has 6 aliphatic heterocycles. The molecule has 6 amide bonds. The number of aryl methyl sites for hydroxylation is 10. The molecule has 18 rings (SSSR count). The van der Waals surface area contributed by atoms with Gasteiger partial charge in [0.15, 0.2) is 0 Å². The van der Waals surface area contributed by atoms with Crippen LogP contribution in [-0.4, -0.2) is 122 Å². The van der Waals surface area contributed by atoms with Crippen LogP contribution in [0.25, 0.3) is 69.9 Å². The van der Waals surface area contributed by atoms with E-state index < -0.39 is 35.8 Å². The summed E-state index contributed by atoms with van der Waals surface area (Å²) in [6.07, 6.45) is 13.8. The van der Waals surface area contributed by atoms with Gasteiger partial charge in [-0.15, -0.1) is 22.7 Å². The topological polar surface area (TPSA) is 462 Å². The summed E-state index contributed by atoms with van der Waals surface area (Å²) in [6.45, 7) is 24.5. The number of aliphatic carboxylic acids is 2. The van der Waals surface area contributed by atoms with Gasteiger partial charge in [0, 0.05) is 145 Å². The number of carboxylic acid groups (broad SMARTS) is 6. The van der Waals surface area contributed by atoms with Gasteiger partial charge in [0.05, 0.1) is 55.7 Å². The first-order valence-corrected chi connectivity index (χ1v) is 44.7. The number of thiophene rings is 2. The van der Waals surface area contributed by atoms with Crippen LogP contribution >= 0.6 is 22.7 Å². The number of carbonyl (C=O) groups excluding carboxylic acids is 6. The smallest absolute Gasteiger partial charge is 0.335 e. The molecule has 0 bridgehead atoms. The Morgan fingerprint density at radius 2 is 0.642 bits per heavy atom. The van der Waals surface area contributed by atoms with E-state index in [2.05, 4.69) is 106 Å². The lowest BCUT2D eigenvalue weighted by atomic mass is 9.98. The van der Waals surface area contributed by atoms with Crippen LogP contribution in [0.2, 0.25) is 0 Å². The van der Waals surface area contributed by atoms with Crippen LogP contribution in [-0.2, 0) is 64.0 Å². The van der Waals surface area contributed by atoms with E-state index in [1.54, 1.807) is 65.2 Å². The van der Waals surface area contributed by atoms with E-state index >= 15 is 0 Å². The largest absolute Gasteiger partial charge is 0.481 e. The van der Waals surface area contributed by atoms with Crippen LogP contribution in [0.5, 0.6) is 0 Å². The molecular weight excluding hydrogens is 1740 g/mol. The van der Waals surface area contributed by atoms with Gasteiger partial charge in [0.2, 0.25) is 0 Å². The zero-order chi connectivity index (χ0) is 96.5. The Hall–Kier alpha value is -16.1. The number of benzene rings is 6. The first-order valence-electron chi connectivity index (χ1n) is 43.1. The molecule has 28 nitrogen and oxygen atoms in total. The van der Waals surface area contributed by atoms with Crippen molar-refractivity contribution in [2.24, 2.45) is 0 Å². The molecule has 0 aliphatic carbocycles. The molecule has 6 aromatic carbocycles. The quantitative estimate of drug-likeness (QED) is 0.0315. The number of carbonyl (C=O) groups is 12. The van der Waals surface area contributed by atoms with Crippen molar-refractivity contribution in [3.05, 3.63) is 312 Å². The third-order valence-electron chi connectivity index (χ3n) is 22.7. The van der Waals surface area contributed by atoms with E-state index in [1.165, 1.54) is 47.3 Å². The highest BCUT2D eigenvalue weighted by atomic mass is 32.1. The van der Waals surface area contributed by atoms with Crippen LogP contribution < -0.4 is 31.9 Å². The molecule has 0 fully saturated rings. The molecular formula is C104H98N10O18S2. The van der Waals surface area contributed by atoms with Crippen molar-refractivity contribution in [3.63, 3.8) is 0 Å². The molecule has 0 atom stereocenters. The molecule has 12 aromatic rings. The average Bonchev–Trinajstić information content (AvgIpc) is 1.66. The van der Waals surface area contributed by atoms with Gasteiger partial charge < -0.3 is 82.5 Å². The zero-order valence-electron chi connectivity index (χ0n) is 75.3. The maximum absolute atomic E-state index is 12.4. The van der Waals surface area contributed by atoms with Crippen LogP contribution in [0.1, 0.15) is 239 Å². The number of aromatic carboxylic acids is 4. The van der Waals surface area contributed by atoms with E-state index in [1.807, 2.05) is 139 Å². The number of aromatic nitrogens is 4.